The summed E-state index contributed by atoms with van der Waals surface area (Å²) in [7, 11) is 0. The van der Waals surface area contributed by atoms with E-state index in [0.717, 1.165) is 24.0 Å². The molecule has 1 aromatic rings. The fraction of sp³-hybridized carbons (Fsp3) is 0.636. The number of hydrogen-bond acceptors (Lipinski definition) is 6. The summed E-state index contributed by atoms with van der Waals surface area (Å²) in [6, 6.07) is 1.81. The van der Waals surface area contributed by atoms with Crippen molar-refractivity contribution >= 4 is 11.9 Å². The van der Waals surface area contributed by atoms with Gasteiger partial charge >= 0.3 is 11.9 Å². The Balaban J connectivity index is 1.74. The first-order valence-electron chi connectivity index (χ1n) is 10.0. The van der Waals surface area contributed by atoms with Crippen LogP contribution in [-0.2, 0) is 19.1 Å². The molecule has 0 radical (unpaired) electrons. The van der Waals surface area contributed by atoms with Crippen molar-refractivity contribution in [2.75, 3.05) is 6.61 Å². The molecule has 6 nitrogen and oxygen atoms in total. The van der Waals surface area contributed by atoms with Crippen LogP contribution in [0.15, 0.2) is 34.7 Å². The normalized spacial score (nSPS) is 38.1. The third-order valence-electron chi connectivity index (χ3n) is 7.52. The predicted octanol–water partition coefficient (Wildman–Crippen LogP) is 3.56. The van der Waals surface area contributed by atoms with Crippen molar-refractivity contribution in [3.63, 3.8) is 0 Å². The molecule has 2 heterocycles. The molecule has 28 heavy (non-hydrogen) atoms. The first-order valence-corrected chi connectivity index (χ1v) is 10.0. The van der Waals surface area contributed by atoms with E-state index in [4.69, 9.17) is 13.9 Å². The maximum Gasteiger partial charge on any atom is 0.334 e. The Morgan fingerprint density at radius 3 is 2.93 bits per heavy atom. The summed E-state index contributed by atoms with van der Waals surface area (Å²) in [5.74, 6) is -0.449. The van der Waals surface area contributed by atoms with E-state index in [1.165, 1.54) is 6.92 Å². The zero-order valence-electron chi connectivity index (χ0n) is 16.6. The van der Waals surface area contributed by atoms with Gasteiger partial charge in [-0.05, 0) is 49.0 Å². The van der Waals surface area contributed by atoms with Crippen molar-refractivity contribution in [3.8, 4) is 0 Å². The third kappa shape index (κ3) is 2.81. The summed E-state index contributed by atoms with van der Waals surface area (Å²) >= 11 is 0. The van der Waals surface area contributed by atoms with E-state index in [2.05, 4.69) is 13.8 Å². The van der Waals surface area contributed by atoms with Crippen LogP contribution in [0.4, 0.5) is 0 Å². The smallest absolute Gasteiger partial charge is 0.334 e. The highest BCUT2D eigenvalue weighted by Gasteiger charge is 2.63. The standard InChI is InChI=1S/C22H28O6/c1-13-17(24)9-22-12-27-20(25)16(22)5-4-6-19(22)21(13,3)10-18(28-14(2)23)15-7-8-26-11-15/h5,7-8,11,13,17-19,24H,4,6,9-10,12H2,1-3H3/t13-,17-,18-,19-,21-,22-/m1/s1. The Labute approximate surface area is 164 Å². The minimum Gasteiger partial charge on any atom is -0.472 e. The zero-order valence-corrected chi connectivity index (χ0v) is 16.6. The van der Waals surface area contributed by atoms with Gasteiger partial charge in [0.1, 0.15) is 12.7 Å². The van der Waals surface area contributed by atoms with Gasteiger partial charge in [-0.25, -0.2) is 4.79 Å². The fourth-order valence-electron chi connectivity index (χ4n) is 5.99. The van der Waals surface area contributed by atoms with Gasteiger partial charge in [-0.1, -0.05) is 19.9 Å². The number of allylic oxidation sites excluding steroid dienone is 1. The summed E-state index contributed by atoms with van der Waals surface area (Å²) < 4.78 is 16.3. The SMILES string of the molecule is CC(=O)O[C@H](C[C@]1(C)[C@H](C)[C@H](O)C[C@@]23COC(=O)C2=CCC[C@@H]31)c1ccoc1. The Kier molecular flexibility index (Phi) is 4.65. The highest BCUT2D eigenvalue weighted by molar-refractivity contribution is 5.92. The molecule has 0 amide bonds. The molecule has 6 heteroatoms. The number of carbonyl (C=O) groups excluding carboxylic acids is 2. The molecular weight excluding hydrogens is 360 g/mol. The van der Waals surface area contributed by atoms with Crippen LogP contribution in [0.25, 0.3) is 0 Å². The predicted molar refractivity (Wildman–Crippen MR) is 99.9 cm³/mol. The van der Waals surface area contributed by atoms with Gasteiger partial charge in [-0.3, -0.25) is 4.79 Å². The molecule has 152 valence electrons. The average Bonchev–Trinajstić information content (AvgIpc) is 3.28. The number of carbonyl (C=O) groups is 2. The maximum absolute atomic E-state index is 12.4. The second kappa shape index (κ2) is 6.76. The number of esters is 2. The molecule has 1 aromatic heterocycles. The van der Waals surface area contributed by atoms with E-state index in [9.17, 15) is 14.7 Å². The summed E-state index contributed by atoms with van der Waals surface area (Å²) in [4.78, 5) is 24.1. The van der Waals surface area contributed by atoms with Crippen molar-refractivity contribution < 1.29 is 28.6 Å². The summed E-state index contributed by atoms with van der Waals surface area (Å²) in [5.41, 5.74) is 0.742. The van der Waals surface area contributed by atoms with E-state index in [1.54, 1.807) is 12.5 Å². The van der Waals surface area contributed by atoms with Gasteiger partial charge in [-0.15, -0.1) is 0 Å². The lowest BCUT2D eigenvalue weighted by molar-refractivity contribution is -0.160. The lowest BCUT2D eigenvalue weighted by Gasteiger charge is -2.58. The molecule has 1 N–H and O–H groups in total. The Morgan fingerprint density at radius 1 is 1.46 bits per heavy atom. The van der Waals surface area contributed by atoms with Crippen molar-refractivity contribution in [3.05, 3.63) is 35.8 Å². The van der Waals surface area contributed by atoms with Crippen LogP contribution >= 0.6 is 0 Å². The van der Waals surface area contributed by atoms with Crippen LogP contribution in [0.1, 0.15) is 58.1 Å². The molecule has 2 fully saturated rings. The first-order chi connectivity index (χ1) is 13.3. The zero-order chi connectivity index (χ0) is 20.1. The summed E-state index contributed by atoms with van der Waals surface area (Å²) in [6.07, 6.45) is 6.98. The van der Waals surface area contributed by atoms with Crippen LogP contribution in [-0.4, -0.2) is 29.8 Å². The molecular formula is C22H28O6. The lowest BCUT2D eigenvalue weighted by Crippen LogP contribution is -2.57. The molecule has 3 aliphatic rings. The quantitative estimate of drug-likeness (QED) is 0.794. The van der Waals surface area contributed by atoms with E-state index >= 15 is 0 Å². The summed E-state index contributed by atoms with van der Waals surface area (Å²) in [5, 5.41) is 11.0. The van der Waals surface area contributed by atoms with Crippen molar-refractivity contribution in [1.29, 1.82) is 0 Å². The lowest BCUT2D eigenvalue weighted by atomic mass is 9.46. The number of hydrogen-bond donors (Lipinski definition) is 1. The maximum atomic E-state index is 12.4. The van der Waals surface area contributed by atoms with Gasteiger partial charge in [0.15, 0.2) is 0 Å². The topological polar surface area (TPSA) is 86.0 Å². The van der Waals surface area contributed by atoms with E-state index in [-0.39, 0.29) is 29.2 Å². The second-order valence-electron chi connectivity index (χ2n) is 8.90. The van der Waals surface area contributed by atoms with Crippen molar-refractivity contribution in [1.82, 2.24) is 0 Å². The van der Waals surface area contributed by atoms with Gasteiger partial charge in [-0.2, -0.15) is 0 Å². The number of cyclic esters (lactones) is 1. The number of ether oxygens (including phenoxy) is 2. The highest BCUT2D eigenvalue weighted by Crippen LogP contribution is 2.64. The van der Waals surface area contributed by atoms with Gasteiger partial charge in [0.25, 0.3) is 0 Å². The third-order valence-corrected chi connectivity index (χ3v) is 7.52. The minimum absolute atomic E-state index is 0.0110. The molecule has 0 aromatic carbocycles. The molecule has 4 rings (SSSR count). The molecule has 1 saturated heterocycles. The van der Waals surface area contributed by atoms with Crippen LogP contribution < -0.4 is 0 Å². The van der Waals surface area contributed by atoms with Crippen LogP contribution in [0.2, 0.25) is 0 Å². The number of aliphatic hydroxyl groups is 1. The number of aliphatic hydroxyl groups excluding tert-OH is 1. The van der Waals surface area contributed by atoms with Crippen LogP contribution in [0, 0.1) is 22.7 Å². The van der Waals surface area contributed by atoms with Crippen LogP contribution in [0.5, 0.6) is 0 Å². The highest BCUT2D eigenvalue weighted by atomic mass is 16.5. The van der Waals surface area contributed by atoms with E-state index in [0.29, 0.717) is 19.4 Å². The van der Waals surface area contributed by atoms with Gasteiger partial charge < -0.3 is 19.0 Å². The second-order valence-corrected chi connectivity index (χ2v) is 8.90. The monoisotopic (exact) mass is 388 g/mol. The Bertz CT molecular complexity index is 796. The number of furan rings is 1. The fourth-order valence-corrected chi connectivity index (χ4v) is 5.99. The van der Waals surface area contributed by atoms with Crippen LogP contribution in [0.3, 0.4) is 0 Å². The molecule has 6 atom stereocenters. The van der Waals surface area contributed by atoms with Gasteiger partial charge in [0.05, 0.1) is 18.6 Å². The average molecular weight is 388 g/mol. The van der Waals surface area contributed by atoms with E-state index in [1.807, 2.05) is 12.1 Å². The van der Waals surface area contributed by atoms with Crippen molar-refractivity contribution in [2.45, 2.75) is 58.7 Å². The Morgan fingerprint density at radius 2 is 2.25 bits per heavy atom. The molecule has 1 saturated carbocycles. The molecule has 1 spiro atoms. The largest absolute Gasteiger partial charge is 0.472 e. The Hall–Kier alpha value is -2.08. The summed E-state index contributed by atoms with van der Waals surface area (Å²) in [6.45, 7) is 5.95. The van der Waals surface area contributed by atoms with Gasteiger partial charge in [0.2, 0.25) is 0 Å². The van der Waals surface area contributed by atoms with E-state index < -0.39 is 17.6 Å². The molecule has 0 bridgehead atoms. The molecule has 0 unspecified atom stereocenters. The molecule has 1 aliphatic heterocycles. The minimum atomic E-state index is -0.556. The first kappa shape index (κ1) is 19.2. The van der Waals surface area contributed by atoms with Crippen molar-refractivity contribution in [2.24, 2.45) is 22.7 Å². The molecule has 2 aliphatic carbocycles. The van der Waals surface area contributed by atoms with Gasteiger partial charge in [0, 0.05) is 23.5 Å². The number of rotatable bonds is 4.